The van der Waals surface area contributed by atoms with Gasteiger partial charge in [0.2, 0.25) is 0 Å². The third kappa shape index (κ3) is 3.88. The molecule has 2 N–H and O–H groups in total. The molecule has 0 saturated carbocycles. The van der Waals surface area contributed by atoms with Gasteiger partial charge in [-0.1, -0.05) is 12.1 Å². The average molecular weight is 309 g/mol. The first-order valence-electron chi connectivity index (χ1n) is 7.70. The number of phenols is 1. The molecule has 0 aromatic heterocycles. The molecule has 1 heterocycles. The van der Waals surface area contributed by atoms with Crippen LogP contribution in [0.3, 0.4) is 0 Å². The average Bonchev–Trinajstić information content (AvgIpc) is 3.10. The van der Waals surface area contributed by atoms with Crippen molar-refractivity contribution in [1.82, 2.24) is 5.43 Å². The van der Waals surface area contributed by atoms with Crippen LogP contribution in [-0.4, -0.2) is 30.3 Å². The summed E-state index contributed by atoms with van der Waals surface area (Å²) in [5, 5.41) is 13.2. The van der Waals surface area contributed by atoms with Crippen LogP contribution in [0.4, 0.5) is 5.69 Å². The number of amides is 1. The fourth-order valence-electron chi connectivity index (χ4n) is 2.59. The summed E-state index contributed by atoms with van der Waals surface area (Å²) >= 11 is 0. The summed E-state index contributed by atoms with van der Waals surface area (Å²) in [6.45, 7) is 2.24. The number of phenolic OH excluding ortho intramolecular Hbond substituents is 1. The predicted octanol–water partition coefficient (Wildman–Crippen LogP) is 2.76. The molecule has 0 spiro atoms. The summed E-state index contributed by atoms with van der Waals surface area (Å²) < 4.78 is 0. The van der Waals surface area contributed by atoms with Crippen LogP contribution in [0.15, 0.2) is 53.6 Å². The molecule has 3 rings (SSSR count). The predicted molar refractivity (Wildman–Crippen MR) is 91.1 cm³/mol. The molecule has 1 aliphatic heterocycles. The van der Waals surface area contributed by atoms with Crippen LogP contribution in [0.1, 0.15) is 28.8 Å². The molecule has 0 bridgehead atoms. The van der Waals surface area contributed by atoms with Gasteiger partial charge in [-0.2, -0.15) is 5.10 Å². The van der Waals surface area contributed by atoms with Crippen LogP contribution in [0.5, 0.6) is 5.75 Å². The van der Waals surface area contributed by atoms with Crippen LogP contribution in [0.25, 0.3) is 0 Å². The minimum absolute atomic E-state index is 0.128. The monoisotopic (exact) mass is 309 g/mol. The van der Waals surface area contributed by atoms with Crippen molar-refractivity contribution in [3.05, 3.63) is 59.7 Å². The Morgan fingerprint density at radius 2 is 1.70 bits per heavy atom. The topological polar surface area (TPSA) is 64.9 Å². The molecule has 1 fully saturated rings. The smallest absolute Gasteiger partial charge is 0.271 e. The summed E-state index contributed by atoms with van der Waals surface area (Å²) in [5.41, 5.74) is 5.08. The van der Waals surface area contributed by atoms with Crippen molar-refractivity contribution in [3.63, 3.8) is 0 Å². The highest BCUT2D eigenvalue weighted by Crippen LogP contribution is 2.19. The van der Waals surface area contributed by atoms with Gasteiger partial charge in [-0.25, -0.2) is 5.43 Å². The molecule has 118 valence electrons. The molecule has 1 aliphatic rings. The minimum Gasteiger partial charge on any atom is -0.508 e. The molecule has 5 nitrogen and oxygen atoms in total. The van der Waals surface area contributed by atoms with E-state index in [1.54, 1.807) is 18.3 Å². The van der Waals surface area contributed by atoms with Gasteiger partial charge in [0.15, 0.2) is 0 Å². The molecule has 2 aromatic rings. The lowest BCUT2D eigenvalue weighted by Gasteiger charge is -2.17. The van der Waals surface area contributed by atoms with Crippen LogP contribution in [0, 0.1) is 0 Å². The van der Waals surface area contributed by atoms with E-state index in [0.29, 0.717) is 5.56 Å². The Morgan fingerprint density at radius 3 is 2.35 bits per heavy atom. The number of carbonyl (C=O) groups excluding carboxylic acids is 1. The van der Waals surface area contributed by atoms with E-state index in [2.05, 4.69) is 27.6 Å². The Morgan fingerprint density at radius 1 is 1.04 bits per heavy atom. The van der Waals surface area contributed by atoms with Crippen molar-refractivity contribution in [2.24, 2.45) is 5.10 Å². The molecule has 0 unspecified atom stereocenters. The molecule has 0 aliphatic carbocycles. The van der Waals surface area contributed by atoms with Crippen LogP contribution in [-0.2, 0) is 0 Å². The van der Waals surface area contributed by atoms with E-state index in [-0.39, 0.29) is 11.7 Å². The number of anilines is 1. The zero-order valence-electron chi connectivity index (χ0n) is 12.8. The van der Waals surface area contributed by atoms with Crippen molar-refractivity contribution in [1.29, 1.82) is 0 Å². The first-order chi connectivity index (χ1) is 11.2. The molecule has 0 radical (unpaired) electrons. The van der Waals surface area contributed by atoms with Gasteiger partial charge >= 0.3 is 0 Å². The fourth-order valence-corrected chi connectivity index (χ4v) is 2.59. The van der Waals surface area contributed by atoms with Crippen molar-refractivity contribution in [3.8, 4) is 5.75 Å². The second-order valence-corrected chi connectivity index (χ2v) is 5.53. The molecule has 2 aromatic carbocycles. The first-order valence-corrected chi connectivity index (χ1v) is 7.70. The maximum Gasteiger partial charge on any atom is 0.271 e. The summed E-state index contributed by atoms with van der Waals surface area (Å²) in [7, 11) is 0. The summed E-state index contributed by atoms with van der Waals surface area (Å²) in [6, 6.07) is 14.2. The van der Waals surface area contributed by atoms with Crippen molar-refractivity contribution in [2.75, 3.05) is 18.0 Å². The summed E-state index contributed by atoms with van der Waals surface area (Å²) in [5.74, 6) is -0.182. The Hall–Kier alpha value is -2.82. The summed E-state index contributed by atoms with van der Waals surface area (Å²) in [6.07, 6.45) is 4.13. The van der Waals surface area contributed by atoms with Crippen LogP contribution < -0.4 is 10.3 Å². The maximum absolute atomic E-state index is 11.9. The number of nitrogens with one attached hydrogen (secondary N) is 1. The third-order valence-electron chi connectivity index (χ3n) is 3.87. The van der Waals surface area contributed by atoms with Gasteiger partial charge < -0.3 is 10.0 Å². The van der Waals surface area contributed by atoms with E-state index in [1.807, 2.05) is 12.1 Å². The van der Waals surface area contributed by atoms with Crippen molar-refractivity contribution >= 4 is 17.8 Å². The minimum atomic E-state index is -0.310. The Balaban J connectivity index is 1.57. The van der Waals surface area contributed by atoms with Crippen LogP contribution >= 0.6 is 0 Å². The van der Waals surface area contributed by atoms with Gasteiger partial charge in [0.25, 0.3) is 5.91 Å². The zero-order chi connectivity index (χ0) is 16.1. The highest BCUT2D eigenvalue weighted by molar-refractivity contribution is 5.95. The second kappa shape index (κ2) is 6.96. The lowest BCUT2D eigenvalue weighted by Crippen LogP contribution is -2.18. The number of aromatic hydroxyl groups is 1. The fraction of sp³-hybridized carbons (Fsp3) is 0.222. The number of hydrogen-bond donors (Lipinski definition) is 2. The van der Waals surface area contributed by atoms with E-state index in [4.69, 9.17) is 0 Å². The van der Waals surface area contributed by atoms with Gasteiger partial charge in [0.1, 0.15) is 5.75 Å². The molecule has 5 heteroatoms. The quantitative estimate of drug-likeness (QED) is 0.674. The van der Waals surface area contributed by atoms with Crippen LogP contribution in [0.2, 0.25) is 0 Å². The van der Waals surface area contributed by atoms with E-state index in [1.165, 1.54) is 30.7 Å². The van der Waals surface area contributed by atoms with Gasteiger partial charge in [-0.3, -0.25) is 4.79 Å². The SMILES string of the molecule is O=C(N/N=C/c1ccc(N2CCCC2)cc1)c1ccc(O)cc1. The summed E-state index contributed by atoms with van der Waals surface area (Å²) in [4.78, 5) is 14.2. The zero-order valence-corrected chi connectivity index (χ0v) is 12.8. The van der Waals surface area contributed by atoms with Gasteiger partial charge in [0, 0.05) is 24.3 Å². The normalized spacial score (nSPS) is 14.3. The first kappa shape index (κ1) is 15.1. The Labute approximate surface area is 135 Å². The molecule has 0 atom stereocenters. The van der Waals surface area contributed by atoms with Crippen molar-refractivity contribution in [2.45, 2.75) is 12.8 Å². The second-order valence-electron chi connectivity index (χ2n) is 5.53. The van der Waals surface area contributed by atoms with E-state index < -0.39 is 0 Å². The molecular weight excluding hydrogens is 290 g/mol. The molecule has 1 saturated heterocycles. The van der Waals surface area contributed by atoms with E-state index >= 15 is 0 Å². The van der Waals surface area contributed by atoms with Gasteiger partial charge in [-0.15, -0.1) is 0 Å². The standard InChI is InChI=1S/C18H19N3O2/c22-17-9-5-15(6-10-17)18(23)20-19-13-14-3-7-16(8-4-14)21-11-1-2-12-21/h3-10,13,22H,1-2,11-12H2,(H,20,23)/b19-13+. The maximum atomic E-state index is 11.9. The highest BCUT2D eigenvalue weighted by Gasteiger charge is 2.11. The number of hydrogen-bond acceptors (Lipinski definition) is 4. The van der Waals surface area contributed by atoms with Gasteiger partial charge in [0.05, 0.1) is 6.21 Å². The Bertz CT molecular complexity index is 687. The highest BCUT2D eigenvalue weighted by atomic mass is 16.3. The van der Waals surface area contributed by atoms with E-state index in [9.17, 15) is 9.90 Å². The number of rotatable bonds is 4. The lowest BCUT2D eigenvalue weighted by molar-refractivity contribution is 0.0955. The Kier molecular flexibility index (Phi) is 4.57. The lowest BCUT2D eigenvalue weighted by atomic mass is 10.2. The van der Waals surface area contributed by atoms with Crippen molar-refractivity contribution < 1.29 is 9.90 Å². The largest absolute Gasteiger partial charge is 0.508 e. The molecule has 1 amide bonds. The van der Waals surface area contributed by atoms with E-state index in [0.717, 1.165) is 18.7 Å². The number of nitrogens with zero attached hydrogens (tertiary/aromatic N) is 2. The number of carbonyl (C=O) groups is 1. The molecular formula is C18H19N3O2. The third-order valence-corrected chi connectivity index (χ3v) is 3.87. The van der Waals surface area contributed by atoms with Gasteiger partial charge in [-0.05, 0) is 54.8 Å². The molecule has 23 heavy (non-hydrogen) atoms. The number of hydrazone groups is 1. The number of benzene rings is 2.